The lowest BCUT2D eigenvalue weighted by Crippen LogP contribution is -2.69. The van der Waals surface area contributed by atoms with E-state index in [1.165, 1.54) is 4.90 Å². The van der Waals surface area contributed by atoms with E-state index >= 15 is 0 Å². The van der Waals surface area contributed by atoms with Crippen molar-refractivity contribution < 1.29 is 29.0 Å². The molecule has 0 spiro atoms. The highest BCUT2D eigenvalue weighted by Gasteiger charge is 2.56. The van der Waals surface area contributed by atoms with Crippen LogP contribution < -0.4 is 5.32 Å². The minimum atomic E-state index is -1.13. The Kier molecular flexibility index (Phi) is 8.42. The lowest BCUT2D eigenvalue weighted by Gasteiger charge is -2.47. The molecule has 3 saturated heterocycles. The molecule has 4 fully saturated rings. The molecule has 0 aromatic rings. The summed E-state index contributed by atoms with van der Waals surface area (Å²) < 4.78 is 5.94. The topological polar surface area (TPSA) is 119 Å². The van der Waals surface area contributed by atoms with E-state index < -0.39 is 24.0 Å². The first-order valence-electron chi connectivity index (χ1n) is 13.7. The number of nitrogens with zero attached hydrogens (tertiary/aromatic N) is 3. The van der Waals surface area contributed by atoms with Crippen LogP contribution in [0.2, 0.25) is 0 Å². The lowest BCUT2D eigenvalue weighted by atomic mass is 9.75. The maximum Gasteiger partial charge on any atom is 0.410 e. The van der Waals surface area contributed by atoms with E-state index in [1.54, 1.807) is 4.90 Å². The Balaban J connectivity index is 1.29. The lowest BCUT2D eigenvalue weighted by molar-refractivity contribution is -0.167. The average molecular weight is 507 g/mol. The molecule has 1 saturated carbocycles. The number of amides is 4. The molecule has 4 aliphatic rings. The number of nitrogens with one attached hydrogen (secondary N) is 1. The number of piperidine rings is 1. The zero-order chi connectivity index (χ0) is 26.0. The Bertz CT molecular complexity index is 836. The van der Waals surface area contributed by atoms with Crippen molar-refractivity contribution in [2.45, 2.75) is 71.4 Å². The predicted molar refractivity (Wildman–Crippen MR) is 132 cm³/mol. The number of hydrogen-bond acceptors (Lipinski definition) is 6. The van der Waals surface area contributed by atoms with Gasteiger partial charge in [-0.1, -0.05) is 27.2 Å². The summed E-state index contributed by atoms with van der Waals surface area (Å²) in [6.07, 6.45) is 5.00. The van der Waals surface area contributed by atoms with E-state index in [0.717, 1.165) is 50.1 Å². The Morgan fingerprint density at radius 1 is 1.03 bits per heavy atom. The van der Waals surface area contributed by atoms with E-state index in [9.17, 15) is 24.3 Å². The van der Waals surface area contributed by atoms with Crippen molar-refractivity contribution in [1.82, 2.24) is 20.0 Å². The van der Waals surface area contributed by atoms with Gasteiger partial charge >= 0.3 is 18.1 Å². The number of carboxylic acid groups (broad SMARTS) is 1. The third kappa shape index (κ3) is 5.63. The van der Waals surface area contributed by atoms with Crippen LogP contribution in [-0.2, 0) is 14.3 Å². The van der Waals surface area contributed by atoms with Crippen LogP contribution in [0.3, 0.4) is 0 Å². The van der Waals surface area contributed by atoms with Gasteiger partial charge in [-0.15, -0.1) is 0 Å². The monoisotopic (exact) mass is 506 g/mol. The maximum absolute atomic E-state index is 13.1. The fraction of sp³-hybridized carbons (Fsp3) is 0.846. The molecule has 1 aliphatic carbocycles. The molecule has 10 nitrogen and oxygen atoms in total. The Morgan fingerprint density at radius 3 is 2.28 bits per heavy atom. The number of carboxylic acids is 1. The summed E-state index contributed by atoms with van der Waals surface area (Å²) in [5.74, 6) is -0.531. The van der Waals surface area contributed by atoms with Gasteiger partial charge in [-0.2, -0.15) is 0 Å². The van der Waals surface area contributed by atoms with Crippen molar-refractivity contribution in [3.05, 3.63) is 0 Å². The SMILES string of the molecule is CC(C)[C@@H]1CC[C@@H](C)C[C@@H]1OC(=O)N1CCN(C(=O)N2C(=O)[C@H](CC3CCNCC3)[C@H]2C(=O)O)CC1. The molecule has 3 heterocycles. The molecule has 0 aromatic carbocycles. The zero-order valence-electron chi connectivity index (χ0n) is 21.9. The van der Waals surface area contributed by atoms with E-state index in [0.29, 0.717) is 43.2 Å². The normalized spacial score (nSPS) is 31.8. The second kappa shape index (κ2) is 11.4. The summed E-state index contributed by atoms with van der Waals surface area (Å²) in [5, 5.41) is 13.0. The standard InChI is InChI=1S/C26H42N4O6/c1-16(2)19-5-4-17(3)14-21(19)36-26(35)29-12-10-28(11-13-29)25(34)30-22(24(32)33)20(23(30)31)15-18-6-8-27-9-7-18/h16-22,27H,4-15H2,1-3H3,(H,32,33)/t17-,19+,20-,21+,22+/m1/s1. The van der Waals surface area contributed by atoms with Crippen LogP contribution in [0.25, 0.3) is 0 Å². The highest BCUT2D eigenvalue weighted by molar-refractivity contribution is 6.07. The van der Waals surface area contributed by atoms with Gasteiger partial charge in [-0.3, -0.25) is 4.79 Å². The predicted octanol–water partition coefficient (Wildman–Crippen LogP) is 2.62. The molecule has 0 radical (unpaired) electrons. The van der Waals surface area contributed by atoms with Crippen LogP contribution in [0.4, 0.5) is 9.59 Å². The van der Waals surface area contributed by atoms with Crippen molar-refractivity contribution in [2.24, 2.45) is 29.6 Å². The number of rotatable bonds is 5. The molecule has 3 aliphatic heterocycles. The third-order valence-electron chi connectivity index (χ3n) is 8.74. The quantitative estimate of drug-likeness (QED) is 0.550. The molecule has 36 heavy (non-hydrogen) atoms. The molecule has 0 unspecified atom stereocenters. The minimum Gasteiger partial charge on any atom is -0.480 e. The summed E-state index contributed by atoms with van der Waals surface area (Å²) in [5.41, 5.74) is 0. The maximum atomic E-state index is 13.1. The third-order valence-corrected chi connectivity index (χ3v) is 8.74. The van der Waals surface area contributed by atoms with Crippen molar-refractivity contribution in [1.29, 1.82) is 0 Å². The summed E-state index contributed by atoms with van der Waals surface area (Å²) in [6.45, 7) is 9.38. The van der Waals surface area contributed by atoms with Gasteiger partial charge < -0.3 is 25.0 Å². The molecule has 0 bridgehead atoms. The molecule has 0 aromatic heterocycles. The number of ether oxygens (including phenoxy) is 1. The Labute approximate surface area is 213 Å². The number of carbonyl (C=O) groups excluding carboxylic acids is 3. The first kappa shape index (κ1) is 26.7. The highest BCUT2D eigenvalue weighted by Crippen LogP contribution is 2.37. The molecular weight excluding hydrogens is 464 g/mol. The second-order valence-corrected chi connectivity index (χ2v) is 11.5. The van der Waals surface area contributed by atoms with E-state index in [4.69, 9.17) is 4.74 Å². The fourth-order valence-corrected chi connectivity index (χ4v) is 6.44. The van der Waals surface area contributed by atoms with Crippen LogP contribution >= 0.6 is 0 Å². The van der Waals surface area contributed by atoms with Gasteiger partial charge in [0.2, 0.25) is 5.91 Å². The summed E-state index contributed by atoms with van der Waals surface area (Å²) in [4.78, 5) is 54.8. The van der Waals surface area contributed by atoms with Gasteiger partial charge in [0.25, 0.3) is 0 Å². The molecule has 2 N–H and O–H groups in total. The average Bonchev–Trinajstić information content (AvgIpc) is 2.85. The number of urea groups is 1. The van der Waals surface area contributed by atoms with Crippen molar-refractivity contribution >= 4 is 24.0 Å². The summed E-state index contributed by atoms with van der Waals surface area (Å²) in [7, 11) is 0. The van der Waals surface area contributed by atoms with Gasteiger partial charge in [0.05, 0.1) is 5.92 Å². The van der Waals surface area contributed by atoms with Gasteiger partial charge in [-0.25, -0.2) is 19.3 Å². The minimum absolute atomic E-state index is 0.0900. The van der Waals surface area contributed by atoms with Gasteiger partial charge in [0, 0.05) is 26.2 Å². The molecule has 5 atom stereocenters. The number of imide groups is 1. The van der Waals surface area contributed by atoms with Gasteiger partial charge in [0.1, 0.15) is 6.10 Å². The zero-order valence-corrected chi connectivity index (χ0v) is 21.9. The van der Waals surface area contributed by atoms with E-state index in [-0.39, 0.29) is 31.2 Å². The number of aliphatic carboxylic acids is 1. The molecule has 202 valence electrons. The smallest absolute Gasteiger partial charge is 0.410 e. The highest BCUT2D eigenvalue weighted by atomic mass is 16.6. The van der Waals surface area contributed by atoms with Crippen LogP contribution in [0.15, 0.2) is 0 Å². The van der Waals surface area contributed by atoms with Crippen LogP contribution in [0.1, 0.15) is 59.3 Å². The summed E-state index contributed by atoms with van der Waals surface area (Å²) in [6, 6.07) is -1.67. The Morgan fingerprint density at radius 2 is 1.67 bits per heavy atom. The first-order valence-corrected chi connectivity index (χ1v) is 13.7. The van der Waals surface area contributed by atoms with Crippen LogP contribution in [0, 0.1) is 29.6 Å². The number of carbonyl (C=O) groups is 4. The largest absolute Gasteiger partial charge is 0.480 e. The summed E-state index contributed by atoms with van der Waals surface area (Å²) >= 11 is 0. The number of piperazine rings is 1. The van der Waals surface area contributed by atoms with E-state index in [2.05, 4.69) is 26.1 Å². The number of β-lactam (4-membered cyclic amide) rings is 1. The number of hydrogen-bond donors (Lipinski definition) is 2. The van der Waals surface area contributed by atoms with Crippen molar-refractivity contribution in [3.8, 4) is 0 Å². The molecule has 4 amide bonds. The van der Waals surface area contributed by atoms with Crippen molar-refractivity contribution in [2.75, 3.05) is 39.3 Å². The number of likely N-dealkylation sites (tertiary alicyclic amines) is 1. The molecule has 4 rings (SSSR count). The van der Waals surface area contributed by atoms with Gasteiger partial charge in [-0.05, 0) is 68.9 Å². The fourth-order valence-electron chi connectivity index (χ4n) is 6.44. The molecule has 10 heteroatoms. The first-order chi connectivity index (χ1) is 17.2. The van der Waals surface area contributed by atoms with Crippen molar-refractivity contribution in [3.63, 3.8) is 0 Å². The molecular formula is C26H42N4O6. The van der Waals surface area contributed by atoms with Crippen LogP contribution in [-0.4, -0.2) is 95.2 Å². The van der Waals surface area contributed by atoms with E-state index in [1.807, 2.05) is 0 Å². The second-order valence-electron chi connectivity index (χ2n) is 11.5. The Hall–Kier alpha value is -2.36. The van der Waals surface area contributed by atoms with Gasteiger partial charge in [0.15, 0.2) is 6.04 Å². The van der Waals surface area contributed by atoms with Crippen LogP contribution in [0.5, 0.6) is 0 Å².